The van der Waals surface area contributed by atoms with E-state index in [0.29, 0.717) is 41.1 Å². The van der Waals surface area contributed by atoms with Gasteiger partial charge in [-0.1, -0.05) is 52.3 Å². The van der Waals surface area contributed by atoms with Crippen molar-refractivity contribution in [3.8, 4) is 11.5 Å². The van der Waals surface area contributed by atoms with E-state index in [1.165, 1.54) is 12.1 Å². The minimum atomic E-state index is -5.12. The van der Waals surface area contributed by atoms with E-state index in [1.54, 1.807) is 55.5 Å². The van der Waals surface area contributed by atoms with Crippen LogP contribution in [0.3, 0.4) is 0 Å². The fraction of sp³-hybridized carbons (Fsp3) is 0.257. The highest BCUT2D eigenvalue weighted by Crippen LogP contribution is 2.30. The summed E-state index contributed by atoms with van der Waals surface area (Å²) < 4.78 is 149. The molecule has 18 heteroatoms. The van der Waals surface area contributed by atoms with Crippen LogP contribution in [-0.2, 0) is 46.5 Å². The number of rotatable bonds is 16. The summed E-state index contributed by atoms with van der Waals surface area (Å²) in [4.78, 5) is 0. The van der Waals surface area contributed by atoms with Crippen LogP contribution in [0.4, 0.5) is 26.3 Å². The lowest BCUT2D eigenvalue weighted by molar-refractivity contribution is -0.137. The van der Waals surface area contributed by atoms with Crippen LogP contribution in [0.1, 0.15) is 46.7 Å². The second-order valence-electron chi connectivity index (χ2n) is 11.4. The molecule has 0 aliphatic rings. The number of oxime groups is 2. The third-order valence-corrected chi connectivity index (χ3v) is 9.09. The number of aryl methyl sites for hydroxylation is 1. The Morgan fingerprint density at radius 2 is 1.04 bits per heavy atom. The maximum atomic E-state index is 13.7. The van der Waals surface area contributed by atoms with Gasteiger partial charge in [0, 0.05) is 12.0 Å². The van der Waals surface area contributed by atoms with Crippen molar-refractivity contribution in [2.24, 2.45) is 10.3 Å². The van der Waals surface area contributed by atoms with Crippen molar-refractivity contribution in [1.82, 2.24) is 0 Å². The summed E-state index contributed by atoms with van der Waals surface area (Å²) in [6.45, 7) is 3.82. The van der Waals surface area contributed by atoms with Crippen molar-refractivity contribution in [3.63, 3.8) is 0 Å². The van der Waals surface area contributed by atoms with Crippen LogP contribution in [0.15, 0.2) is 107 Å². The van der Waals surface area contributed by atoms with E-state index in [4.69, 9.17) is 13.8 Å². The van der Waals surface area contributed by atoms with Gasteiger partial charge in [0.05, 0.1) is 24.5 Å². The molecule has 0 unspecified atom stereocenters. The minimum Gasteiger partial charge on any atom is -0.493 e. The fourth-order valence-electron chi connectivity index (χ4n) is 4.40. The highest BCUT2D eigenvalue weighted by molar-refractivity contribution is 7.86. The van der Waals surface area contributed by atoms with Gasteiger partial charge in [-0.2, -0.15) is 43.2 Å². The van der Waals surface area contributed by atoms with Gasteiger partial charge in [0.2, 0.25) is 0 Å². The molecule has 0 fully saturated rings. The highest BCUT2D eigenvalue weighted by Gasteiger charge is 2.38. The molecule has 0 atom stereocenters. The maximum absolute atomic E-state index is 13.7. The summed E-state index contributed by atoms with van der Waals surface area (Å²) in [6.07, 6.45) is -9.39. The van der Waals surface area contributed by atoms with E-state index in [0.717, 1.165) is 29.8 Å². The molecule has 0 amide bonds. The van der Waals surface area contributed by atoms with Gasteiger partial charge in [-0.3, -0.25) is 8.57 Å². The standard InChI is InChI=1S/C35H32F6N2O8S2/c1-24-4-6-26(7-5-24)22-52(44,45)50-42-25(2)28-10-16-31(17-11-28)48-20-3-21-49-32-18-12-29(13-19-32)33(35(39,40)41)43-51-53(46,47)23-27-8-14-30(15-9-27)34(36,37)38/h4-19H,3,20-23H2,1-2H3/b42-25+,43-33-. The Morgan fingerprint density at radius 1 is 0.604 bits per heavy atom. The third-order valence-electron chi connectivity index (χ3n) is 7.11. The topological polar surface area (TPSA) is 130 Å². The number of alkyl halides is 6. The molecule has 0 saturated carbocycles. The molecule has 0 radical (unpaired) electrons. The highest BCUT2D eigenvalue weighted by atomic mass is 32.2. The Morgan fingerprint density at radius 3 is 1.49 bits per heavy atom. The smallest absolute Gasteiger partial charge is 0.437 e. The van der Waals surface area contributed by atoms with Crippen LogP contribution >= 0.6 is 0 Å². The number of nitrogens with zero attached hydrogens (tertiary/aromatic N) is 2. The number of halogens is 6. The monoisotopic (exact) mass is 786 g/mol. The first kappa shape index (κ1) is 40.7. The second kappa shape index (κ2) is 17.2. The van der Waals surface area contributed by atoms with Gasteiger partial charge in [0.25, 0.3) is 0 Å². The average Bonchev–Trinajstić information content (AvgIpc) is 3.08. The van der Waals surface area contributed by atoms with Crippen LogP contribution in [0.2, 0.25) is 0 Å². The summed E-state index contributed by atoms with van der Waals surface area (Å²) in [5, 5.41) is 6.56. The number of hydrogen-bond acceptors (Lipinski definition) is 10. The van der Waals surface area contributed by atoms with Crippen molar-refractivity contribution in [1.29, 1.82) is 0 Å². The summed E-state index contributed by atoms with van der Waals surface area (Å²) in [5.41, 5.74) is -0.881. The number of hydrogen-bond donors (Lipinski definition) is 0. The van der Waals surface area contributed by atoms with Crippen LogP contribution in [-0.4, -0.2) is 47.6 Å². The molecule has 0 aliphatic carbocycles. The number of ether oxygens (including phenoxy) is 2. The Bertz CT molecular complexity index is 2100. The van der Waals surface area contributed by atoms with Crippen LogP contribution < -0.4 is 9.47 Å². The third kappa shape index (κ3) is 13.1. The largest absolute Gasteiger partial charge is 0.493 e. The summed E-state index contributed by atoms with van der Waals surface area (Å²) >= 11 is 0. The van der Waals surface area contributed by atoms with Gasteiger partial charge in [-0.15, -0.1) is 0 Å². The quantitative estimate of drug-likeness (QED) is 0.0485. The van der Waals surface area contributed by atoms with Crippen LogP contribution in [0, 0.1) is 6.92 Å². The van der Waals surface area contributed by atoms with Gasteiger partial charge in [-0.25, -0.2) is 0 Å². The molecule has 0 heterocycles. The zero-order chi connectivity index (χ0) is 38.9. The summed E-state index contributed by atoms with van der Waals surface area (Å²) in [5.74, 6) is -0.644. The molecule has 4 rings (SSSR count). The molecule has 4 aromatic carbocycles. The molecular formula is C35H32F6N2O8S2. The first-order chi connectivity index (χ1) is 24.8. The maximum Gasteiger partial charge on any atom is 0.437 e. The lowest BCUT2D eigenvalue weighted by atomic mass is 10.1. The molecule has 0 saturated heterocycles. The molecule has 10 nitrogen and oxygen atoms in total. The van der Waals surface area contributed by atoms with Crippen molar-refractivity contribution in [3.05, 3.63) is 130 Å². The van der Waals surface area contributed by atoms with E-state index in [2.05, 4.69) is 14.6 Å². The predicted octanol–water partition coefficient (Wildman–Crippen LogP) is 7.95. The molecule has 53 heavy (non-hydrogen) atoms. The Balaban J connectivity index is 1.23. The Kier molecular flexibility index (Phi) is 13.2. The van der Waals surface area contributed by atoms with Gasteiger partial charge >= 0.3 is 32.6 Å². The van der Waals surface area contributed by atoms with E-state index in [1.807, 2.05) is 6.92 Å². The molecule has 0 N–H and O–H groups in total. The minimum absolute atomic E-state index is 0.128. The van der Waals surface area contributed by atoms with Crippen LogP contribution in [0.25, 0.3) is 0 Å². The molecule has 0 spiro atoms. The average molecular weight is 787 g/mol. The van der Waals surface area contributed by atoms with E-state index in [-0.39, 0.29) is 30.3 Å². The van der Waals surface area contributed by atoms with Crippen molar-refractivity contribution >= 4 is 31.7 Å². The van der Waals surface area contributed by atoms with Crippen molar-refractivity contribution < 1.29 is 61.2 Å². The van der Waals surface area contributed by atoms with Gasteiger partial charge in [0.1, 0.15) is 23.0 Å². The zero-order valence-corrected chi connectivity index (χ0v) is 29.7. The molecule has 284 valence electrons. The molecule has 4 aromatic rings. The molecular weight excluding hydrogens is 755 g/mol. The van der Waals surface area contributed by atoms with E-state index >= 15 is 0 Å². The zero-order valence-electron chi connectivity index (χ0n) is 28.0. The summed E-state index contributed by atoms with van der Waals surface area (Å²) in [7, 11) is -8.70. The second-order valence-corrected chi connectivity index (χ2v) is 14.6. The van der Waals surface area contributed by atoms with Gasteiger partial charge in [0.15, 0.2) is 5.71 Å². The number of benzene rings is 4. The molecule has 0 aliphatic heterocycles. The van der Waals surface area contributed by atoms with Gasteiger partial charge < -0.3 is 9.47 Å². The van der Waals surface area contributed by atoms with Crippen LogP contribution in [0.5, 0.6) is 11.5 Å². The van der Waals surface area contributed by atoms with E-state index in [9.17, 15) is 43.2 Å². The van der Waals surface area contributed by atoms with Crippen molar-refractivity contribution in [2.45, 2.75) is 44.1 Å². The first-order valence-electron chi connectivity index (χ1n) is 15.5. The molecule has 0 aromatic heterocycles. The SMILES string of the molecule is C/C(=N\OS(=O)(=O)Cc1ccc(C)cc1)c1ccc(OCCCOc2ccc(/C(=N/OS(=O)(=O)Cc3ccc(C(F)(F)F)cc3)C(F)(F)F)cc2)cc1. The summed E-state index contributed by atoms with van der Waals surface area (Å²) in [6, 6.07) is 21.1. The lowest BCUT2D eigenvalue weighted by Crippen LogP contribution is -2.25. The Hall–Kier alpha value is -5.10. The molecule has 0 bridgehead atoms. The van der Waals surface area contributed by atoms with Gasteiger partial charge in [-0.05, 0) is 91.2 Å². The lowest BCUT2D eigenvalue weighted by Gasteiger charge is -2.12. The predicted molar refractivity (Wildman–Crippen MR) is 183 cm³/mol. The first-order valence-corrected chi connectivity index (χ1v) is 18.7. The normalized spacial score (nSPS) is 13.1. The fourth-order valence-corrected chi connectivity index (χ4v) is 6.12. The van der Waals surface area contributed by atoms with E-state index < -0.39 is 55.2 Å². The van der Waals surface area contributed by atoms with Crippen molar-refractivity contribution in [2.75, 3.05) is 13.2 Å². The Labute approximate surface area is 301 Å².